The van der Waals surface area contributed by atoms with Crippen LogP contribution in [0.5, 0.6) is 0 Å². The summed E-state index contributed by atoms with van der Waals surface area (Å²) in [5.74, 6) is -0.319. The molecule has 0 fully saturated rings. The van der Waals surface area contributed by atoms with Crippen LogP contribution in [-0.4, -0.2) is 12.5 Å². The highest BCUT2D eigenvalue weighted by Gasteiger charge is 2.01. The van der Waals surface area contributed by atoms with Crippen molar-refractivity contribution in [1.82, 2.24) is 0 Å². The van der Waals surface area contributed by atoms with Crippen LogP contribution in [-0.2, 0) is 4.79 Å². The van der Waals surface area contributed by atoms with E-state index in [0.717, 1.165) is 24.8 Å². The summed E-state index contributed by atoms with van der Waals surface area (Å²) in [6.45, 7) is 4.42. The summed E-state index contributed by atoms with van der Waals surface area (Å²) in [6, 6.07) is 0. The van der Waals surface area contributed by atoms with Crippen LogP contribution in [0.2, 0.25) is 0 Å². The number of allylic oxidation sites excluding steroid dienone is 1. The summed E-state index contributed by atoms with van der Waals surface area (Å²) in [5, 5.41) is 0. The standard InChI is InChI=1S/C9H18N2O.ClH/c1-7(5-3-4-6-10)8(2)9(11)12;/h3-6,10H2,1-2H3,(H2,11,12);1H/b8-7+;. The molecular formula is C9H19ClN2O. The predicted molar refractivity (Wildman–Crippen MR) is 57.7 cm³/mol. The quantitative estimate of drug-likeness (QED) is 0.527. The lowest BCUT2D eigenvalue weighted by Crippen LogP contribution is -2.13. The number of carbonyl (C=O) groups is 1. The van der Waals surface area contributed by atoms with Crippen LogP contribution < -0.4 is 11.5 Å². The Kier molecular flexibility index (Phi) is 9.29. The predicted octanol–water partition coefficient (Wildman–Crippen LogP) is 1.36. The third kappa shape index (κ3) is 6.61. The highest BCUT2D eigenvalue weighted by molar-refractivity contribution is 5.91. The molecule has 0 aromatic carbocycles. The van der Waals surface area contributed by atoms with Gasteiger partial charge in [-0.05, 0) is 39.7 Å². The van der Waals surface area contributed by atoms with Crippen molar-refractivity contribution < 1.29 is 4.79 Å². The number of amides is 1. The van der Waals surface area contributed by atoms with Gasteiger partial charge in [0.15, 0.2) is 0 Å². The SMILES string of the molecule is C/C(CCCCN)=C(/C)C(N)=O.Cl. The van der Waals surface area contributed by atoms with Crippen molar-refractivity contribution in [3.63, 3.8) is 0 Å². The zero-order chi connectivity index (χ0) is 9.56. The summed E-state index contributed by atoms with van der Waals surface area (Å²) in [4.78, 5) is 10.7. The second-order valence-electron chi connectivity index (χ2n) is 3.02. The van der Waals surface area contributed by atoms with Gasteiger partial charge >= 0.3 is 0 Å². The molecule has 0 atom stereocenters. The molecule has 0 aliphatic carbocycles. The molecule has 4 heteroatoms. The topological polar surface area (TPSA) is 69.1 Å². The summed E-state index contributed by atoms with van der Waals surface area (Å²) < 4.78 is 0. The molecule has 0 spiro atoms. The van der Waals surface area contributed by atoms with Crippen LogP contribution in [0.4, 0.5) is 0 Å². The molecular weight excluding hydrogens is 188 g/mol. The van der Waals surface area contributed by atoms with Gasteiger partial charge in [-0.15, -0.1) is 12.4 Å². The normalized spacial score (nSPS) is 11.6. The van der Waals surface area contributed by atoms with Gasteiger partial charge in [-0.2, -0.15) is 0 Å². The maximum atomic E-state index is 10.7. The first-order chi connectivity index (χ1) is 5.59. The smallest absolute Gasteiger partial charge is 0.244 e. The Morgan fingerprint density at radius 3 is 2.15 bits per heavy atom. The number of nitrogens with two attached hydrogens (primary N) is 2. The van der Waals surface area contributed by atoms with Gasteiger partial charge in [0.2, 0.25) is 5.91 Å². The molecule has 0 aliphatic heterocycles. The number of carbonyl (C=O) groups excluding carboxylic acids is 1. The van der Waals surface area contributed by atoms with E-state index in [1.54, 1.807) is 6.92 Å². The van der Waals surface area contributed by atoms with Gasteiger partial charge in [-0.25, -0.2) is 0 Å². The van der Waals surface area contributed by atoms with Crippen molar-refractivity contribution in [2.45, 2.75) is 33.1 Å². The molecule has 0 saturated carbocycles. The average Bonchev–Trinajstić information content (AvgIpc) is 2.03. The second-order valence-corrected chi connectivity index (χ2v) is 3.02. The number of unbranched alkanes of at least 4 members (excludes halogenated alkanes) is 1. The van der Waals surface area contributed by atoms with Crippen LogP contribution in [0.3, 0.4) is 0 Å². The Bertz CT molecular complexity index is 190. The van der Waals surface area contributed by atoms with E-state index in [2.05, 4.69) is 0 Å². The minimum atomic E-state index is -0.319. The van der Waals surface area contributed by atoms with Crippen LogP contribution in [0, 0.1) is 0 Å². The molecule has 4 N–H and O–H groups in total. The van der Waals surface area contributed by atoms with E-state index in [1.165, 1.54) is 0 Å². The molecule has 13 heavy (non-hydrogen) atoms. The largest absolute Gasteiger partial charge is 0.366 e. The molecule has 0 radical (unpaired) electrons. The Hall–Kier alpha value is -0.540. The van der Waals surface area contributed by atoms with Crippen molar-refractivity contribution in [3.05, 3.63) is 11.1 Å². The number of primary amides is 1. The van der Waals surface area contributed by atoms with E-state index in [-0.39, 0.29) is 18.3 Å². The van der Waals surface area contributed by atoms with E-state index >= 15 is 0 Å². The fourth-order valence-electron chi connectivity index (χ4n) is 0.932. The zero-order valence-corrected chi connectivity index (χ0v) is 9.12. The lowest BCUT2D eigenvalue weighted by molar-refractivity contribution is -0.114. The minimum Gasteiger partial charge on any atom is -0.366 e. The maximum absolute atomic E-state index is 10.7. The maximum Gasteiger partial charge on any atom is 0.244 e. The molecule has 0 unspecified atom stereocenters. The monoisotopic (exact) mass is 206 g/mol. The number of hydrogen-bond donors (Lipinski definition) is 2. The highest BCUT2D eigenvalue weighted by Crippen LogP contribution is 2.10. The molecule has 3 nitrogen and oxygen atoms in total. The molecule has 0 aromatic rings. The average molecular weight is 207 g/mol. The first-order valence-electron chi connectivity index (χ1n) is 4.25. The first kappa shape index (κ1) is 15.0. The Morgan fingerprint density at radius 1 is 1.23 bits per heavy atom. The van der Waals surface area contributed by atoms with Crippen LogP contribution >= 0.6 is 12.4 Å². The van der Waals surface area contributed by atoms with Crippen molar-refractivity contribution >= 4 is 18.3 Å². The summed E-state index contributed by atoms with van der Waals surface area (Å²) in [7, 11) is 0. The lowest BCUT2D eigenvalue weighted by atomic mass is 10.0. The first-order valence-corrected chi connectivity index (χ1v) is 4.25. The summed E-state index contributed by atoms with van der Waals surface area (Å²) in [6.07, 6.45) is 2.96. The van der Waals surface area contributed by atoms with Crippen molar-refractivity contribution in [3.8, 4) is 0 Å². The Morgan fingerprint density at radius 2 is 1.77 bits per heavy atom. The van der Waals surface area contributed by atoms with Crippen LogP contribution in [0.1, 0.15) is 33.1 Å². The minimum absolute atomic E-state index is 0. The lowest BCUT2D eigenvalue weighted by Gasteiger charge is -2.03. The van der Waals surface area contributed by atoms with Crippen molar-refractivity contribution in [2.24, 2.45) is 11.5 Å². The Labute approximate surface area is 86.0 Å². The molecule has 0 aromatic heterocycles. The van der Waals surface area contributed by atoms with E-state index in [4.69, 9.17) is 11.5 Å². The molecule has 0 bridgehead atoms. The summed E-state index contributed by atoms with van der Waals surface area (Å²) in [5.41, 5.74) is 12.2. The van der Waals surface area contributed by atoms with Gasteiger partial charge in [0.05, 0.1) is 0 Å². The van der Waals surface area contributed by atoms with E-state index < -0.39 is 0 Å². The van der Waals surface area contributed by atoms with Gasteiger partial charge in [-0.1, -0.05) is 5.57 Å². The van der Waals surface area contributed by atoms with E-state index in [1.807, 2.05) is 6.92 Å². The second kappa shape index (κ2) is 8.08. The van der Waals surface area contributed by atoms with Gasteiger partial charge in [0, 0.05) is 5.57 Å². The van der Waals surface area contributed by atoms with Gasteiger partial charge in [0.1, 0.15) is 0 Å². The number of rotatable bonds is 5. The highest BCUT2D eigenvalue weighted by atomic mass is 35.5. The van der Waals surface area contributed by atoms with Crippen LogP contribution in [0.25, 0.3) is 0 Å². The third-order valence-corrected chi connectivity index (χ3v) is 2.02. The van der Waals surface area contributed by atoms with E-state index in [0.29, 0.717) is 12.1 Å². The molecule has 0 heterocycles. The Balaban J connectivity index is 0. The molecule has 0 saturated heterocycles. The molecule has 78 valence electrons. The summed E-state index contributed by atoms with van der Waals surface area (Å²) >= 11 is 0. The van der Waals surface area contributed by atoms with Gasteiger partial charge < -0.3 is 11.5 Å². The third-order valence-electron chi connectivity index (χ3n) is 2.02. The number of hydrogen-bond acceptors (Lipinski definition) is 2. The van der Waals surface area contributed by atoms with Crippen molar-refractivity contribution in [2.75, 3.05) is 6.54 Å². The number of halogens is 1. The molecule has 0 aliphatic rings. The fourth-order valence-corrected chi connectivity index (χ4v) is 0.932. The van der Waals surface area contributed by atoms with E-state index in [9.17, 15) is 4.79 Å². The zero-order valence-electron chi connectivity index (χ0n) is 8.30. The van der Waals surface area contributed by atoms with Crippen molar-refractivity contribution in [1.29, 1.82) is 0 Å². The fraction of sp³-hybridized carbons (Fsp3) is 0.667. The molecule has 0 rings (SSSR count). The van der Waals surface area contributed by atoms with Gasteiger partial charge in [0.25, 0.3) is 0 Å². The molecule has 1 amide bonds. The van der Waals surface area contributed by atoms with Crippen LogP contribution in [0.15, 0.2) is 11.1 Å². The van der Waals surface area contributed by atoms with Gasteiger partial charge in [-0.3, -0.25) is 4.79 Å².